The first-order chi connectivity index (χ1) is 8.29. The van der Waals surface area contributed by atoms with Crippen LogP contribution < -0.4 is 10.5 Å². The number of rotatable bonds is 4. The topological polar surface area (TPSA) is 35.2 Å². The molecule has 2 nitrogen and oxygen atoms in total. The van der Waals surface area contributed by atoms with E-state index in [0.29, 0.717) is 17.9 Å². The van der Waals surface area contributed by atoms with E-state index in [1.54, 1.807) is 12.1 Å². The lowest BCUT2D eigenvalue weighted by Crippen LogP contribution is -2.01. The number of nitrogens with two attached hydrogens (primary N) is 1. The first-order valence-electron chi connectivity index (χ1n) is 5.45. The van der Waals surface area contributed by atoms with Gasteiger partial charge in [-0.25, -0.2) is 4.39 Å². The van der Waals surface area contributed by atoms with Crippen LogP contribution in [0.1, 0.15) is 11.1 Å². The average molecular weight is 231 g/mol. The van der Waals surface area contributed by atoms with Crippen molar-refractivity contribution in [3.8, 4) is 5.75 Å². The standard InChI is InChI=1S/C14H14FNO/c15-14-7-6-13(8-12(14)9-16)17-10-11-4-2-1-3-5-11/h1-8H,9-10,16H2. The van der Waals surface area contributed by atoms with E-state index in [2.05, 4.69) is 0 Å². The van der Waals surface area contributed by atoms with Gasteiger partial charge in [0.2, 0.25) is 0 Å². The van der Waals surface area contributed by atoms with E-state index < -0.39 is 0 Å². The summed E-state index contributed by atoms with van der Waals surface area (Å²) >= 11 is 0. The second kappa shape index (κ2) is 5.46. The predicted molar refractivity (Wildman–Crippen MR) is 65.1 cm³/mol. The molecule has 17 heavy (non-hydrogen) atoms. The molecule has 0 heterocycles. The first-order valence-corrected chi connectivity index (χ1v) is 5.45. The van der Waals surface area contributed by atoms with Crippen molar-refractivity contribution >= 4 is 0 Å². The normalized spacial score (nSPS) is 10.2. The third-order valence-electron chi connectivity index (χ3n) is 2.49. The lowest BCUT2D eigenvalue weighted by molar-refractivity contribution is 0.305. The second-order valence-electron chi connectivity index (χ2n) is 3.73. The Morgan fingerprint density at radius 2 is 1.82 bits per heavy atom. The fourth-order valence-corrected chi connectivity index (χ4v) is 1.54. The summed E-state index contributed by atoms with van der Waals surface area (Å²) in [5.74, 6) is 0.343. The highest BCUT2D eigenvalue weighted by molar-refractivity contribution is 5.30. The third kappa shape index (κ3) is 3.04. The summed E-state index contributed by atoms with van der Waals surface area (Å²) in [4.78, 5) is 0. The van der Waals surface area contributed by atoms with Crippen molar-refractivity contribution in [2.45, 2.75) is 13.2 Å². The highest BCUT2D eigenvalue weighted by Gasteiger charge is 2.02. The summed E-state index contributed by atoms with van der Waals surface area (Å²) in [5, 5.41) is 0. The SMILES string of the molecule is NCc1cc(OCc2ccccc2)ccc1F. The van der Waals surface area contributed by atoms with Gasteiger partial charge in [0, 0.05) is 12.1 Å². The van der Waals surface area contributed by atoms with Gasteiger partial charge in [0.05, 0.1) is 0 Å². The van der Waals surface area contributed by atoms with Crippen molar-refractivity contribution in [1.82, 2.24) is 0 Å². The summed E-state index contributed by atoms with van der Waals surface area (Å²) in [7, 11) is 0. The van der Waals surface area contributed by atoms with E-state index in [1.807, 2.05) is 30.3 Å². The molecule has 0 aliphatic heterocycles. The highest BCUT2D eigenvalue weighted by Crippen LogP contribution is 2.17. The van der Waals surface area contributed by atoms with E-state index in [4.69, 9.17) is 10.5 Å². The fraction of sp³-hybridized carbons (Fsp3) is 0.143. The van der Waals surface area contributed by atoms with Gasteiger partial charge in [-0.1, -0.05) is 30.3 Å². The molecule has 0 bridgehead atoms. The molecule has 2 aromatic rings. The summed E-state index contributed by atoms with van der Waals surface area (Å²) < 4.78 is 18.8. The maximum Gasteiger partial charge on any atom is 0.127 e. The number of hydrogen-bond donors (Lipinski definition) is 1. The van der Waals surface area contributed by atoms with Crippen molar-refractivity contribution < 1.29 is 9.13 Å². The van der Waals surface area contributed by atoms with Crippen molar-refractivity contribution in [2.24, 2.45) is 5.73 Å². The lowest BCUT2D eigenvalue weighted by atomic mass is 10.2. The lowest BCUT2D eigenvalue weighted by Gasteiger charge is -2.08. The van der Waals surface area contributed by atoms with Crippen LogP contribution in [0.4, 0.5) is 4.39 Å². The van der Waals surface area contributed by atoms with Gasteiger partial charge in [-0.15, -0.1) is 0 Å². The third-order valence-corrected chi connectivity index (χ3v) is 2.49. The quantitative estimate of drug-likeness (QED) is 0.878. The minimum absolute atomic E-state index is 0.175. The maximum atomic E-state index is 13.2. The van der Waals surface area contributed by atoms with E-state index in [-0.39, 0.29) is 12.4 Å². The number of halogens is 1. The van der Waals surface area contributed by atoms with Crippen LogP contribution in [0, 0.1) is 5.82 Å². The summed E-state index contributed by atoms with van der Waals surface area (Å²) in [6, 6.07) is 14.4. The van der Waals surface area contributed by atoms with Crippen molar-refractivity contribution in [3.05, 3.63) is 65.5 Å². The van der Waals surface area contributed by atoms with E-state index >= 15 is 0 Å². The van der Waals surface area contributed by atoms with Crippen molar-refractivity contribution in [1.29, 1.82) is 0 Å². The Kier molecular flexibility index (Phi) is 3.73. The molecule has 0 saturated heterocycles. The van der Waals surface area contributed by atoms with Gasteiger partial charge in [-0.2, -0.15) is 0 Å². The minimum atomic E-state index is -0.292. The molecule has 0 fully saturated rings. The highest BCUT2D eigenvalue weighted by atomic mass is 19.1. The zero-order valence-electron chi connectivity index (χ0n) is 9.40. The second-order valence-corrected chi connectivity index (χ2v) is 3.73. The largest absolute Gasteiger partial charge is 0.489 e. The molecule has 2 aromatic carbocycles. The monoisotopic (exact) mass is 231 g/mol. The van der Waals surface area contributed by atoms with E-state index in [1.165, 1.54) is 6.07 Å². The molecule has 0 saturated carbocycles. The Morgan fingerprint density at radius 1 is 1.06 bits per heavy atom. The van der Waals surface area contributed by atoms with E-state index in [0.717, 1.165) is 5.56 Å². The minimum Gasteiger partial charge on any atom is -0.489 e. The zero-order chi connectivity index (χ0) is 12.1. The molecule has 0 aliphatic rings. The number of ether oxygens (including phenoxy) is 1. The first kappa shape index (κ1) is 11.6. The van der Waals surface area contributed by atoms with Gasteiger partial charge in [-0.05, 0) is 23.8 Å². The van der Waals surface area contributed by atoms with Crippen LogP contribution in [-0.4, -0.2) is 0 Å². The Balaban J connectivity index is 2.04. The number of benzene rings is 2. The Morgan fingerprint density at radius 3 is 2.53 bits per heavy atom. The summed E-state index contributed by atoms with van der Waals surface area (Å²) in [5.41, 5.74) is 6.97. The van der Waals surface area contributed by atoms with Crippen LogP contribution in [0.3, 0.4) is 0 Å². The molecule has 0 spiro atoms. The maximum absolute atomic E-state index is 13.2. The van der Waals surface area contributed by atoms with Gasteiger partial charge >= 0.3 is 0 Å². The van der Waals surface area contributed by atoms with Gasteiger partial charge in [0.25, 0.3) is 0 Å². The molecule has 0 amide bonds. The van der Waals surface area contributed by atoms with Crippen LogP contribution in [0.5, 0.6) is 5.75 Å². The molecule has 0 atom stereocenters. The van der Waals surface area contributed by atoms with E-state index in [9.17, 15) is 4.39 Å². The fourth-order valence-electron chi connectivity index (χ4n) is 1.54. The molecule has 88 valence electrons. The van der Waals surface area contributed by atoms with Crippen LogP contribution >= 0.6 is 0 Å². The molecule has 0 unspecified atom stereocenters. The van der Waals surface area contributed by atoms with Crippen LogP contribution in [0.25, 0.3) is 0 Å². The summed E-state index contributed by atoms with van der Waals surface area (Å²) in [6.45, 7) is 0.644. The van der Waals surface area contributed by atoms with Gasteiger partial charge in [0.1, 0.15) is 18.2 Å². The molecule has 0 aromatic heterocycles. The van der Waals surface area contributed by atoms with Crippen LogP contribution in [0.15, 0.2) is 48.5 Å². The van der Waals surface area contributed by atoms with Crippen LogP contribution in [-0.2, 0) is 13.2 Å². The Hall–Kier alpha value is -1.87. The molecule has 0 radical (unpaired) electrons. The van der Waals surface area contributed by atoms with Gasteiger partial charge < -0.3 is 10.5 Å². The molecule has 3 heteroatoms. The Bertz CT molecular complexity index is 485. The van der Waals surface area contributed by atoms with Crippen molar-refractivity contribution in [3.63, 3.8) is 0 Å². The van der Waals surface area contributed by atoms with Crippen molar-refractivity contribution in [2.75, 3.05) is 0 Å². The molecular formula is C14H14FNO. The van der Waals surface area contributed by atoms with Gasteiger partial charge in [-0.3, -0.25) is 0 Å². The molecule has 2 rings (SSSR count). The molecular weight excluding hydrogens is 217 g/mol. The number of hydrogen-bond acceptors (Lipinski definition) is 2. The van der Waals surface area contributed by atoms with Crippen LogP contribution in [0.2, 0.25) is 0 Å². The molecule has 0 aliphatic carbocycles. The predicted octanol–water partition coefficient (Wildman–Crippen LogP) is 2.86. The summed E-state index contributed by atoms with van der Waals surface area (Å²) in [6.07, 6.45) is 0. The van der Waals surface area contributed by atoms with Gasteiger partial charge in [0.15, 0.2) is 0 Å². The smallest absolute Gasteiger partial charge is 0.127 e. The Labute approximate surface area is 99.8 Å². The molecule has 2 N–H and O–H groups in total. The average Bonchev–Trinajstić information content (AvgIpc) is 2.39. The zero-order valence-corrected chi connectivity index (χ0v) is 9.40.